The number of benzene rings is 1. The van der Waals surface area contributed by atoms with Crippen molar-refractivity contribution in [3.63, 3.8) is 0 Å². The van der Waals surface area contributed by atoms with Crippen molar-refractivity contribution in [2.45, 2.75) is 38.6 Å². The first kappa shape index (κ1) is 22.0. The molecule has 9 nitrogen and oxygen atoms in total. The number of carbonyl (C=O) groups is 1. The Morgan fingerprint density at radius 1 is 1.21 bits per heavy atom. The molecule has 4 heterocycles. The maximum absolute atomic E-state index is 12.8. The highest BCUT2D eigenvalue weighted by molar-refractivity contribution is 6.04. The molecule has 1 aromatic carbocycles. The van der Waals surface area contributed by atoms with Crippen molar-refractivity contribution >= 4 is 28.6 Å². The Labute approximate surface area is 197 Å². The van der Waals surface area contributed by atoms with Crippen LogP contribution in [0.25, 0.3) is 22.3 Å². The quantitative estimate of drug-likeness (QED) is 0.405. The van der Waals surface area contributed by atoms with E-state index < -0.39 is 0 Å². The predicted octanol–water partition coefficient (Wildman–Crippen LogP) is 3.60. The minimum absolute atomic E-state index is 0.209. The van der Waals surface area contributed by atoms with E-state index in [-0.39, 0.29) is 11.9 Å². The van der Waals surface area contributed by atoms with E-state index in [1.807, 2.05) is 28.9 Å². The summed E-state index contributed by atoms with van der Waals surface area (Å²) in [5, 5.41) is 11.9. The molecule has 1 fully saturated rings. The zero-order valence-corrected chi connectivity index (χ0v) is 19.2. The van der Waals surface area contributed by atoms with Crippen LogP contribution in [0.3, 0.4) is 0 Å². The lowest BCUT2D eigenvalue weighted by molar-refractivity contribution is 0.102. The minimum Gasteiger partial charge on any atom is -0.383 e. The Kier molecular flexibility index (Phi) is 6.18. The van der Waals surface area contributed by atoms with Crippen LogP contribution in [0, 0.1) is 0 Å². The number of carbonyl (C=O) groups excluding carboxylic acids is 1. The zero-order chi connectivity index (χ0) is 23.5. The first-order valence-corrected chi connectivity index (χ1v) is 11.7. The fourth-order valence-electron chi connectivity index (χ4n) is 4.45. The number of nitrogens with one attached hydrogen (secondary N) is 2. The minimum atomic E-state index is -0.209. The molecule has 1 amide bonds. The van der Waals surface area contributed by atoms with Gasteiger partial charge in [0.05, 0.1) is 11.4 Å². The Balaban J connectivity index is 1.42. The molecule has 1 saturated heterocycles. The summed E-state index contributed by atoms with van der Waals surface area (Å²) in [7, 11) is 0. The van der Waals surface area contributed by atoms with Gasteiger partial charge in [-0.1, -0.05) is 25.5 Å². The maximum Gasteiger partial charge on any atom is 0.256 e. The number of aryl methyl sites for hydroxylation is 1. The van der Waals surface area contributed by atoms with Crippen LogP contribution >= 0.6 is 0 Å². The van der Waals surface area contributed by atoms with Gasteiger partial charge in [-0.05, 0) is 55.6 Å². The molecule has 0 radical (unpaired) electrons. The Morgan fingerprint density at radius 3 is 2.82 bits per heavy atom. The second-order valence-corrected chi connectivity index (χ2v) is 8.58. The highest BCUT2D eigenvalue weighted by atomic mass is 16.1. The molecule has 1 atom stereocenters. The normalized spacial score (nSPS) is 16.0. The molecule has 1 aliphatic rings. The first-order valence-electron chi connectivity index (χ1n) is 11.7. The van der Waals surface area contributed by atoms with Crippen molar-refractivity contribution in [1.29, 1.82) is 0 Å². The van der Waals surface area contributed by atoms with E-state index in [1.165, 1.54) is 6.33 Å². The SMILES string of the molecule is CCCc1ccnc(NC(=O)c2ccc(-c3nn([C@@H]4CCCNC4)c4ncnc(N)c34)cc2)c1. The van der Waals surface area contributed by atoms with Crippen molar-refractivity contribution in [2.75, 3.05) is 24.1 Å². The largest absolute Gasteiger partial charge is 0.383 e. The number of pyridine rings is 1. The summed E-state index contributed by atoms with van der Waals surface area (Å²) in [5.41, 5.74) is 10.2. The number of amides is 1. The number of aromatic nitrogens is 5. The molecular weight excluding hydrogens is 428 g/mol. The van der Waals surface area contributed by atoms with E-state index in [4.69, 9.17) is 10.8 Å². The number of nitrogens with two attached hydrogens (primary N) is 1. The van der Waals surface area contributed by atoms with Crippen LogP contribution in [0.15, 0.2) is 48.9 Å². The first-order chi connectivity index (χ1) is 16.6. The lowest BCUT2D eigenvalue weighted by Gasteiger charge is -2.23. The highest BCUT2D eigenvalue weighted by Crippen LogP contribution is 2.33. The van der Waals surface area contributed by atoms with Gasteiger partial charge in [-0.15, -0.1) is 0 Å². The van der Waals surface area contributed by atoms with Gasteiger partial charge in [0.15, 0.2) is 5.65 Å². The second kappa shape index (κ2) is 9.56. The van der Waals surface area contributed by atoms with Crippen LogP contribution in [0.2, 0.25) is 0 Å². The zero-order valence-electron chi connectivity index (χ0n) is 19.2. The Morgan fingerprint density at radius 2 is 2.06 bits per heavy atom. The molecule has 0 spiro atoms. The molecule has 1 aliphatic heterocycles. The van der Waals surface area contributed by atoms with Gasteiger partial charge in [-0.2, -0.15) is 5.10 Å². The highest BCUT2D eigenvalue weighted by Gasteiger charge is 2.23. The fourth-order valence-corrected chi connectivity index (χ4v) is 4.45. The Bertz CT molecular complexity index is 1310. The lowest BCUT2D eigenvalue weighted by Crippen LogP contribution is -2.32. The molecule has 9 heteroatoms. The molecule has 0 unspecified atom stereocenters. The van der Waals surface area contributed by atoms with E-state index in [1.54, 1.807) is 18.3 Å². The predicted molar refractivity (Wildman–Crippen MR) is 132 cm³/mol. The summed E-state index contributed by atoms with van der Waals surface area (Å²) in [5.74, 6) is 0.741. The molecule has 34 heavy (non-hydrogen) atoms. The van der Waals surface area contributed by atoms with Crippen LogP contribution in [-0.4, -0.2) is 43.7 Å². The van der Waals surface area contributed by atoms with E-state index in [0.717, 1.165) is 66.6 Å². The summed E-state index contributed by atoms with van der Waals surface area (Å²) in [6, 6.07) is 11.4. The monoisotopic (exact) mass is 456 g/mol. The number of nitrogen functional groups attached to an aromatic ring is 1. The average Bonchev–Trinajstić information content (AvgIpc) is 3.26. The molecule has 0 bridgehead atoms. The third kappa shape index (κ3) is 4.34. The average molecular weight is 457 g/mol. The van der Waals surface area contributed by atoms with Crippen LogP contribution in [0.4, 0.5) is 11.6 Å². The number of anilines is 2. The van der Waals surface area contributed by atoms with E-state index in [9.17, 15) is 4.79 Å². The summed E-state index contributed by atoms with van der Waals surface area (Å²) in [6.07, 6.45) is 7.30. The van der Waals surface area contributed by atoms with Crippen molar-refractivity contribution in [2.24, 2.45) is 0 Å². The van der Waals surface area contributed by atoms with Crippen molar-refractivity contribution in [3.05, 3.63) is 60.0 Å². The van der Waals surface area contributed by atoms with Crippen LogP contribution in [-0.2, 0) is 6.42 Å². The summed E-state index contributed by atoms with van der Waals surface area (Å²) in [6.45, 7) is 3.98. The van der Waals surface area contributed by atoms with Crippen LogP contribution < -0.4 is 16.4 Å². The molecule has 4 aromatic rings. The van der Waals surface area contributed by atoms with Gasteiger partial charge in [0.2, 0.25) is 0 Å². The summed E-state index contributed by atoms with van der Waals surface area (Å²) >= 11 is 0. The number of fused-ring (bicyclic) bond motifs is 1. The fraction of sp³-hybridized carbons (Fsp3) is 0.320. The topological polar surface area (TPSA) is 124 Å². The number of nitrogens with zero attached hydrogens (tertiary/aromatic N) is 5. The molecule has 5 rings (SSSR count). The maximum atomic E-state index is 12.8. The second-order valence-electron chi connectivity index (χ2n) is 8.58. The molecule has 4 N–H and O–H groups in total. The van der Waals surface area contributed by atoms with E-state index >= 15 is 0 Å². The number of hydrogen-bond donors (Lipinski definition) is 3. The standard InChI is InChI=1S/C25H28N8O/c1-2-4-16-10-12-28-20(13-16)31-25(34)18-8-6-17(7-9-18)22-21-23(26)29-15-30-24(21)33(32-22)19-5-3-11-27-14-19/h6-10,12-13,15,19,27H,2-5,11,14H2,1H3,(H2,26,29,30)(H,28,31,34)/t19-/m1/s1. The van der Waals surface area contributed by atoms with Gasteiger partial charge < -0.3 is 16.4 Å². The van der Waals surface area contributed by atoms with Gasteiger partial charge >= 0.3 is 0 Å². The number of piperidine rings is 1. The summed E-state index contributed by atoms with van der Waals surface area (Å²) in [4.78, 5) is 25.7. The van der Waals surface area contributed by atoms with Crippen molar-refractivity contribution in [3.8, 4) is 11.3 Å². The number of hydrogen-bond acceptors (Lipinski definition) is 7. The van der Waals surface area contributed by atoms with E-state index in [0.29, 0.717) is 17.2 Å². The molecule has 0 saturated carbocycles. The molecular formula is C25H28N8O. The van der Waals surface area contributed by atoms with Gasteiger partial charge in [0.1, 0.15) is 23.7 Å². The molecule has 0 aliphatic carbocycles. The Hall–Kier alpha value is -3.85. The summed E-state index contributed by atoms with van der Waals surface area (Å²) < 4.78 is 1.96. The smallest absolute Gasteiger partial charge is 0.256 e. The van der Waals surface area contributed by atoms with Gasteiger partial charge in [0.25, 0.3) is 5.91 Å². The van der Waals surface area contributed by atoms with Crippen LogP contribution in [0.5, 0.6) is 0 Å². The third-order valence-electron chi connectivity index (χ3n) is 6.16. The number of rotatable bonds is 6. The van der Waals surface area contributed by atoms with E-state index in [2.05, 4.69) is 32.5 Å². The van der Waals surface area contributed by atoms with Crippen LogP contribution in [0.1, 0.15) is 48.1 Å². The molecule has 3 aromatic heterocycles. The third-order valence-corrected chi connectivity index (χ3v) is 6.16. The van der Waals surface area contributed by atoms with Crippen molar-refractivity contribution < 1.29 is 4.79 Å². The van der Waals surface area contributed by atoms with Gasteiger partial charge in [-0.3, -0.25) is 4.79 Å². The van der Waals surface area contributed by atoms with Gasteiger partial charge in [-0.25, -0.2) is 19.6 Å². The lowest BCUT2D eigenvalue weighted by atomic mass is 10.1. The van der Waals surface area contributed by atoms with Crippen molar-refractivity contribution in [1.82, 2.24) is 30.0 Å². The molecule has 174 valence electrons. The van der Waals surface area contributed by atoms with Gasteiger partial charge in [0, 0.05) is 23.9 Å².